The van der Waals surface area contributed by atoms with Crippen molar-refractivity contribution in [2.75, 3.05) is 0 Å². The number of fused-ring (bicyclic) bond motifs is 1. The highest BCUT2D eigenvalue weighted by Gasteiger charge is 2.10. The van der Waals surface area contributed by atoms with Crippen LogP contribution in [0.1, 0.15) is 17.0 Å². The van der Waals surface area contributed by atoms with Gasteiger partial charge in [-0.25, -0.2) is 9.50 Å². The second-order valence-corrected chi connectivity index (χ2v) is 4.80. The Labute approximate surface area is 115 Å². The molecule has 0 atom stereocenters. The molecule has 1 aromatic carbocycles. The number of imidazole rings is 1. The van der Waals surface area contributed by atoms with E-state index in [9.17, 15) is 5.11 Å². The quantitative estimate of drug-likeness (QED) is 0.781. The third kappa shape index (κ3) is 2.27. The van der Waals surface area contributed by atoms with E-state index in [1.165, 1.54) is 0 Å². The molecule has 19 heavy (non-hydrogen) atoms. The Balaban J connectivity index is 2.06. The minimum absolute atomic E-state index is 0.264. The van der Waals surface area contributed by atoms with Gasteiger partial charge in [0, 0.05) is 6.42 Å². The van der Waals surface area contributed by atoms with Gasteiger partial charge in [0.15, 0.2) is 5.65 Å². The van der Waals surface area contributed by atoms with Crippen molar-refractivity contribution in [3.63, 3.8) is 0 Å². The first kappa shape index (κ1) is 12.0. The van der Waals surface area contributed by atoms with Gasteiger partial charge in [0.25, 0.3) is 0 Å². The van der Waals surface area contributed by atoms with Crippen molar-refractivity contribution in [1.82, 2.24) is 14.6 Å². The summed E-state index contributed by atoms with van der Waals surface area (Å²) in [5.74, 6) is 0.264. The standard InChI is InChI=1S/C14H12ClN3O/c1-9-12(8-10-2-4-11(19)5-3-10)18-14(16-9)7-6-13(15)17-18/h2-7,19H,8H2,1H3. The lowest BCUT2D eigenvalue weighted by Gasteiger charge is -2.03. The summed E-state index contributed by atoms with van der Waals surface area (Å²) >= 11 is 5.93. The van der Waals surface area contributed by atoms with Gasteiger partial charge in [0.05, 0.1) is 11.4 Å². The lowest BCUT2D eigenvalue weighted by atomic mass is 10.1. The molecule has 0 spiro atoms. The predicted molar refractivity (Wildman–Crippen MR) is 73.6 cm³/mol. The van der Waals surface area contributed by atoms with Gasteiger partial charge in [-0.3, -0.25) is 0 Å². The monoisotopic (exact) mass is 273 g/mol. The Morgan fingerprint density at radius 1 is 1.16 bits per heavy atom. The minimum Gasteiger partial charge on any atom is -0.508 e. The number of halogens is 1. The van der Waals surface area contributed by atoms with E-state index in [4.69, 9.17) is 11.6 Å². The highest BCUT2D eigenvalue weighted by atomic mass is 35.5. The lowest BCUT2D eigenvalue weighted by Crippen LogP contribution is -2.00. The molecule has 5 heteroatoms. The van der Waals surface area contributed by atoms with Gasteiger partial charge in [-0.1, -0.05) is 23.7 Å². The average Bonchev–Trinajstić information content (AvgIpc) is 2.69. The van der Waals surface area contributed by atoms with Crippen molar-refractivity contribution in [2.45, 2.75) is 13.3 Å². The first-order valence-corrected chi connectivity index (χ1v) is 6.30. The summed E-state index contributed by atoms with van der Waals surface area (Å²) in [5, 5.41) is 14.0. The van der Waals surface area contributed by atoms with Crippen LogP contribution in [0.3, 0.4) is 0 Å². The van der Waals surface area contributed by atoms with E-state index < -0.39 is 0 Å². The Kier molecular flexibility index (Phi) is 2.87. The first-order valence-electron chi connectivity index (χ1n) is 5.92. The Hall–Kier alpha value is -2.07. The molecule has 4 nitrogen and oxygen atoms in total. The number of hydrogen-bond acceptors (Lipinski definition) is 3. The molecule has 0 saturated carbocycles. The lowest BCUT2D eigenvalue weighted by molar-refractivity contribution is 0.475. The molecule has 0 aliphatic carbocycles. The Bertz CT molecular complexity index is 734. The summed E-state index contributed by atoms with van der Waals surface area (Å²) in [7, 11) is 0. The minimum atomic E-state index is 0.264. The number of aryl methyl sites for hydroxylation is 1. The van der Waals surface area contributed by atoms with Crippen LogP contribution in [0.5, 0.6) is 5.75 Å². The molecule has 0 amide bonds. The maximum absolute atomic E-state index is 9.30. The zero-order valence-corrected chi connectivity index (χ0v) is 11.1. The fourth-order valence-electron chi connectivity index (χ4n) is 2.08. The second-order valence-electron chi connectivity index (χ2n) is 4.41. The highest BCUT2D eigenvalue weighted by molar-refractivity contribution is 6.29. The molecule has 3 rings (SSSR count). The highest BCUT2D eigenvalue weighted by Crippen LogP contribution is 2.18. The van der Waals surface area contributed by atoms with E-state index >= 15 is 0 Å². The van der Waals surface area contributed by atoms with Crippen LogP contribution in [0.15, 0.2) is 36.4 Å². The molecule has 0 fully saturated rings. The van der Waals surface area contributed by atoms with E-state index in [1.807, 2.05) is 25.1 Å². The maximum atomic E-state index is 9.30. The number of aromatic nitrogens is 3. The average molecular weight is 274 g/mol. The third-order valence-electron chi connectivity index (χ3n) is 3.05. The molecule has 2 heterocycles. The molecule has 3 aromatic rings. The number of nitrogens with zero attached hydrogens (tertiary/aromatic N) is 3. The topological polar surface area (TPSA) is 50.4 Å². The zero-order valence-electron chi connectivity index (χ0n) is 10.3. The molecule has 0 aliphatic heterocycles. The van der Waals surface area contributed by atoms with Crippen LogP contribution >= 0.6 is 11.6 Å². The summed E-state index contributed by atoms with van der Waals surface area (Å²) in [4.78, 5) is 4.46. The van der Waals surface area contributed by atoms with Gasteiger partial charge in [-0.05, 0) is 36.8 Å². The molecule has 96 valence electrons. The Morgan fingerprint density at radius 3 is 2.63 bits per heavy atom. The zero-order chi connectivity index (χ0) is 13.4. The summed E-state index contributed by atoms with van der Waals surface area (Å²) in [5.41, 5.74) is 3.81. The van der Waals surface area contributed by atoms with E-state index in [0.29, 0.717) is 11.6 Å². The van der Waals surface area contributed by atoms with E-state index in [2.05, 4.69) is 10.1 Å². The van der Waals surface area contributed by atoms with Gasteiger partial charge in [-0.2, -0.15) is 5.10 Å². The summed E-state index contributed by atoms with van der Waals surface area (Å²) in [6.45, 7) is 1.96. The fraction of sp³-hybridized carbons (Fsp3) is 0.143. The van der Waals surface area contributed by atoms with Crippen molar-refractivity contribution in [3.8, 4) is 5.75 Å². The smallest absolute Gasteiger partial charge is 0.154 e. The molecule has 2 aromatic heterocycles. The van der Waals surface area contributed by atoms with Crippen molar-refractivity contribution >= 4 is 17.2 Å². The van der Waals surface area contributed by atoms with E-state index in [1.54, 1.807) is 22.7 Å². The molecule has 0 bridgehead atoms. The SMILES string of the molecule is Cc1nc2ccc(Cl)nn2c1Cc1ccc(O)cc1. The fourth-order valence-corrected chi connectivity index (χ4v) is 2.22. The van der Waals surface area contributed by atoms with Gasteiger partial charge in [0.2, 0.25) is 0 Å². The van der Waals surface area contributed by atoms with Gasteiger partial charge < -0.3 is 5.11 Å². The Morgan fingerprint density at radius 2 is 1.89 bits per heavy atom. The second kappa shape index (κ2) is 4.55. The number of hydrogen-bond donors (Lipinski definition) is 1. The van der Waals surface area contributed by atoms with Crippen LogP contribution in [0, 0.1) is 6.92 Å². The molecular formula is C14H12ClN3O. The van der Waals surface area contributed by atoms with Crippen molar-refractivity contribution in [2.24, 2.45) is 0 Å². The summed E-state index contributed by atoms with van der Waals surface area (Å²) in [6.07, 6.45) is 0.695. The molecule has 0 aliphatic rings. The predicted octanol–water partition coefficient (Wildman–Crippen LogP) is 2.99. The summed E-state index contributed by atoms with van der Waals surface area (Å²) in [6, 6.07) is 10.7. The molecular weight excluding hydrogens is 262 g/mol. The molecule has 0 radical (unpaired) electrons. The number of phenolic OH excluding ortho intramolecular Hbond substituents is 1. The first-order chi connectivity index (χ1) is 9.13. The number of aromatic hydroxyl groups is 1. The van der Waals surface area contributed by atoms with Crippen LogP contribution in [0.25, 0.3) is 5.65 Å². The van der Waals surface area contributed by atoms with E-state index in [0.717, 1.165) is 22.6 Å². The maximum Gasteiger partial charge on any atom is 0.154 e. The molecule has 1 N–H and O–H groups in total. The van der Waals surface area contributed by atoms with Crippen LogP contribution in [0.4, 0.5) is 0 Å². The summed E-state index contributed by atoms with van der Waals surface area (Å²) < 4.78 is 1.77. The van der Waals surface area contributed by atoms with Crippen LogP contribution < -0.4 is 0 Å². The van der Waals surface area contributed by atoms with Crippen molar-refractivity contribution < 1.29 is 5.11 Å². The van der Waals surface area contributed by atoms with Crippen LogP contribution in [-0.4, -0.2) is 19.7 Å². The van der Waals surface area contributed by atoms with Crippen molar-refractivity contribution in [3.05, 3.63) is 58.5 Å². The van der Waals surface area contributed by atoms with Gasteiger partial charge >= 0.3 is 0 Å². The molecule has 0 saturated heterocycles. The van der Waals surface area contributed by atoms with E-state index in [-0.39, 0.29) is 5.75 Å². The van der Waals surface area contributed by atoms with Gasteiger partial charge in [-0.15, -0.1) is 0 Å². The number of benzene rings is 1. The van der Waals surface area contributed by atoms with Crippen LogP contribution in [-0.2, 0) is 6.42 Å². The van der Waals surface area contributed by atoms with Crippen molar-refractivity contribution in [1.29, 1.82) is 0 Å². The number of phenols is 1. The van der Waals surface area contributed by atoms with Crippen LogP contribution in [0.2, 0.25) is 5.15 Å². The van der Waals surface area contributed by atoms with Gasteiger partial charge in [0.1, 0.15) is 10.9 Å². The third-order valence-corrected chi connectivity index (χ3v) is 3.25. The normalized spacial score (nSPS) is 11.1. The number of rotatable bonds is 2. The largest absolute Gasteiger partial charge is 0.508 e. The molecule has 0 unspecified atom stereocenters.